The lowest BCUT2D eigenvalue weighted by Crippen LogP contribution is -2.37. The van der Waals surface area contributed by atoms with Gasteiger partial charge in [0.15, 0.2) is 5.75 Å². The molecule has 0 bridgehead atoms. The minimum atomic E-state index is -0.399. The van der Waals surface area contributed by atoms with E-state index in [9.17, 15) is 9.59 Å². The van der Waals surface area contributed by atoms with E-state index in [0.717, 1.165) is 16.7 Å². The highest BCUT2D eigenvalue weighted by atomic mass is 35.5. The number of halogens is 1. The predicted molar refractivity (Wildman–Crippen MR) is 93.4 cm³/mol. The third kappa shape index (κ3) is 4.35. The Hall–Kier alpha value is -2.34. The van der Waals surface area contributed by atoms with Crippen LogP contribution in [-0.4, -0.2) is 28.8 Å². The number of hydrogen-bond donors (Lipinski definition) is 1. The highest BCUT2D eigenvalue weighted by Gasteiger charge is 2.14. The fraction of sp³-hybridized carbons (Fsp3) is 0.353. The molecule has 0 aliphatic rings. The van der Waals surface area contributed by atoms with Crippen molar-refractivity contribution in [3.8, 4) is 17.0 Å². The van der Waals surface area contributed by atoms with Crippen molar-refractivity contribution in [2.24, 2.45) is 0 Å². The topological polar surface area (TPSA) is 73.2 Å². The highest BCUT2D eigenvalue weighted by molar-refractivity contribution is 6.30. The molecule has 128 valence electrons. The van der Waals surface area contributed by atoms with E-state index in [4.69, 9.17) is 16.3 Å². The molecule has 0 radical (unpaired) electrons. The van der Waals surface area contributed by atoms with Crippen molar-refractivity contribution >= 4 is 17.5 Å². The van der Waals surface area contributed by atoms with Gasteiger partial charge in [-0.15, -0.1) is 0 Å². The van der Waals surface area contributed by atoms with Crippen molar-refractivity contribution in [3.63, 3.8) is 0 Å². The molecule has 0 saturated heterocycles. The second-order valence-corrected chi connectivity index (χ2v) is 5.88. The second kappa shape index (κ2) is 7.97. The molecule has 0 fully saturated rings. The van der Waals surface area contributed by atoms with Crippen molar-refractivity contribution in [3.05, 3.63) is 45.7 Å². The maximum absolute atomic E-state index is 12.1. The third-order valence-electron chi connectivity index (χ3n) is 3.61. The monoisotopic (exact) mass is 349 g/mol. The number of aromatic nitrogens is 2. The molecule has 0 aliphatic heterocycles. The maximum Gasteiger partial charge on any atom is 0.270 e. The summed E-state index contributed by atoms with van der Waals surface area (Å²) in [6.45, 7) is 3.73. The Balaban J connectivity index is 2.36. The Morgan fingerprint density at radius 2 is 2.04 bits per heavy atom. The van der Waals surface area contributed by atoms with Gasteiger partial charge in [0.25, 0.3) is 5.56 Å². The number of methoxy groups -OCH3 is 1. The lowest BCUT2D eigenvalue weighted by Gasteiger charge is -2.14. The maximum atomic E-state index is 12.1. The number of amides is 1. The third-order valence-corrected chi connectivity index (χ3v) is 3.87. The molecule has 1 aromatic carbocycles. The average Bonchev–Trinajstić information content (AvgIpc) is 2.57. The first-order chi connectivity index (χ1) is 11.4. The van der Waals surface area contributed by atoms with Gasteiger partial charge in [-0.25, -0.2) is 4.68 Å². The average molecular weight is 350 g/mol. The first-order valence-corrected chi connectivity index (χ1v) is 8.03. The zero-order valence-corrected chi connectivity index (χ0v) is 14.6. The Morgan fingerprint density at radius 1 is 1.38 bits per heavy atom. The van der Waals surface area contributed by atoms with E-state index in [0.29, 0.717) is 16.5 Å². The van der Waals surface area contributed by atoms with E-state index in [2.05, 4.69) is 10.4 Å². The van der Waals surface area contributed by atoms with Crippen LogP contribution in [0, 0.1) is 0 Å². The zero-order valence-electron chi connectivity index (χ0n) is 13.9. The van der Waals surface area contributed by atoms with Crippen molar-refractivity contribution in [1.29, 1.82) is 0 Å². The van der Waals surface area contributed by atoms with Crippen molar-refractivity contribution in [1.82, 2.24) is 15.1 Å². The van der Waals surface area contributed by atoms with Crippen LogP contribution in [0.1, 0.15) is 20.3 Å². The minimum absolute atomic E-state index is 0.0437. The predicted octanol–water partition coefficient (Wildman–Crippen LogP) is 2.49. The first-order valence-electron chi connectivity index (χ1n) is 7.66. The number of ether oxygens (including phenoxy) is 1. The summed E-state index contributed by atoms with van der Waals surface area (Å²) in [6, 6.07) is 8.38. The van der Waals surface area contributed by atoms with Crippen LogP contribution in [0.3, 0.4) is 0 Å². The van der Waals surface area contributed by atoms with Gasteiger partial charge in [-0.05, 0) is 25.5 Å². The molecule has 0 unspecified atom stereocenters. The molecule has 1 amide bonds. The first kappa shape index (κ1) is 18.0. The van der Waals surface area contributed by atoms with E-state index < -0.39 is 5.56 Å². The summed E-state index contributed by atoms with van der Waals surface area (Å²) in [4.78, 5) is 24.2. The van der Waals surface area contributed by atoms with Gasteiger partial charge in [-0.3, -0.25) is 9.59 Å². The smallest absolute Gasteiger partial charge is 0.270 e. The lowest BCUT2D eigenvalue weighted by molar-refractivity contribution is -0.122. The molecule has 2 rings (SSSR count). The fourth-order valence-electron chi connectivity index (χ4n) is 2.11. The van der Waals surface area contributed by atoms with E-state index in [-0.39, 0.29) is 18.5 Å². The summed E-state index contributed by atoms with van der Waals surface area (Å²) in [5.41, 5.74) is 0.821. The van der Waals surface area contributed by atoms with Gasteiger partial charge in [0, 0.05) is 22.7 Å². The van der Waals surface area contributed by atoms with Crippen LogP contribution >= 0.6 is 11.6 Å². The van der Waals surface area contributed by atoms with Gasteiger partial charge >= 0.3 is 0 Å². The molecule has 7 heteroatoms. The second-order valence-electron chi connectivity index (χ2n) is 5.44. The number of carbonyl (C=O) groups excluding carboxylic acids is 1. The van der Waals surface area contributed by atoms with E-state index in [1.165, 1.54) is 13.2 Å². The number of nitrogens with zero attached hydrogens (tertiary/aromatic N) is 2. The van der Waals surface area contributed by atoms with Crippen molar-refractivity contribution in [2.75, 3.05) is 7.11 Å². The van der Waals surface area contributed by atoms with Crippen LogP contribution in [0.5, 0.6) is 5.75 Å². The summed E-state index contributed by atoms with van der Waals surface area (Å²) >= 11 is 5.90. The number of carbonyl (C=O) groups is 1. The lowest BCUT2D eigenvalue weighted by atomic mass is 10.1. The number of benzene rings is 1. The molecular formula is C17H20ClN3O3. The molecule has 24 heavy (non-hydrogen) atoms. The van der Waals surface area contributed by atoms with Gasteiger partial charge < -0.3 is 10.1 Å². The van der Waals surface area contributed by atoms with Crippen LogP contribution < -0.4 is 15.6 Å². The number of rotatable bonds is 6. The van der Waals surface area contributed by atoms with Crippen LogP contribution in [0.15, 0.2) is 35.1 Å². The van der Waals surface area contributed by atoms with Crippen LogP contribution in [0.4, 0.5) is 0 Å². The molecule has 0 spiro atoms. The van der Waals surface area contributed by atoms with Crippen LogP contribution in [0.25, 0.3) is 11.3 Å². The summed E-state index contributed by atoms with van der Waals surface area (Å²) in [5.74, 6) is 0.0899. The Kier molecular flexibility index (Phi) is 5.98. The van der Waals surface area contributed by atoms with Crippen LogP contribution in [-0.2, 0) is 11.3 Å². The number of nitrogens with one attached hydrogen (secondary N) is 1. The SMILES string of the molecule is CC[C@@H](C)NC(=O)Cn1nc(-c2ccc(Cl)cc2)c(OC)cc1=O. The Bertz CT molecular complexity index is 772. The van der Waals surface area contributed by atoms with Gasteiger partial charge in [-0.1, -0.05) is 30.7 Å². The summed E-state index contributed by atoms with van der Waals surface area (Å²) in [6.07, 6.45) is 0.812. The van der Waals surface area contributed by atoms with E-state index >= 15 is 0 Å². The molecular weight excluding hydrogens is 330 g/mol. The molecule has 1 N–H and O–H groups in total. The van der Waals surface area contributed by atoms with E-state index in [1.807, 2.05) is 13.8 Å². The molecule has 2 aromatic rings. The highest BCUT2D eigenvalue weighted by Crippen LogP contribution is 2.26. The van der Waals surface area contributed by atoms with Gasteiger partial charge in [0.05, 0.1) is 7.11 Å². The van der Waals surface area contributed by atoms with Crippen LogP contribution in [0.2, 0.25) is 5.02 Å². The summed E-state index contributed by atoms with van der Waals surface area (Å²) in [5, 5.41) is 7.70. The Morgan fingerprint density at radius 3 is 2.62 bits per heavy atom. The van der Waals surface area contributed by atoms with Crippen molar-refractivity contribution < 1.29 is 9.53 Å². The minimum Gasteiger partial charge on any atom is -0.494 e. The molecule has 0 saturated carbocycles. The van der Waals surface area contributed by atoms with E-state index in [1.54, 1.807) is 24.3 Å². The van der Waals surface area contributed by atoms with Gasteiger partial charge in [-0.2, -0.15) is 5.10 Å². The summed E-state index contributed by atoms with van der Waals surface area (Å²) in [7, 11) is 1.47. The molecule has 1 atom stereocenters. The summed E-state index contributed by atoms with van der Waals surface area (Å²) < 4.78 is 6.37. The fourth-order valence-corrected chi connectivity index (χ4v) is 2.24. The molecule has 1 aromatic heterocycles. The zero-order chi connectivity index (χ0) is 17.7. The molecule has 0 aliphatic carbocycles. The van der Waals surface area contributed by atoms with Gasteiger partial charge in [0.1, 0.15) is 12.2 Å². The molecule has 1 heterocycles. The van der Waals surface area contributed by atoms with Gasteiger partial charge in [0.2, 0.25) is 5.91 Å². The quantitative estimate of drug-likeness (QED) is 0.869. The largest absolute Gasteiger partial charge is 0.494 e. The molecule has 6 nitrogen and oxygen atoms in total. The van der Waals surface area contributed by atoms with Crippen molar-refractivity contribution in [2.45, 2.75) is 32.9 Å². The standard InChI is InChI=1S/C17H20ClN3O3/c1-4-11(2)19-15(22)10-21-16(23)9-14(24-3)17(20-21)12-5-7-13(18)8-6-12/h5-9,11H,4,10H2,1-3H3,(H,19,22)/t11-/m1/s1. The Labute approximate surface area is 145 Å². The normalized spacial score (nSPS) is 11.8. The number of hydrogen-bond acceptors (Lipinski definition) is 4.